The number of aliphatic hydroxyl groups excluding tert-OH is 1. The third-order valence-corrected chi connectivity index (χ3v) is 3.83. The van der Waals surface area contributed by atoms with Gasteiger partial charge in [-0.3, -0.25) is 9.58 Å². The first-order chi connectivity index (χ1) is 9.65. The molecule has 1 unspecified atom stereocenters. The molecule has 2 saturated heterocycles. The van der Waals surface area contributed by atoms with Gasteiger partial charge in [0.15, 0.2) is 5.79 Å². The minimum Gasteiger partial charge on any atom is -0.396 e. The number of piperidine rings is 1. The quantitative estimate of drug-likeness (QED) is 0.786. The van der Waals surface area contributed by atoms with Crippen molar-refractivity contribution >= 4 is 5.69 Å². The minimum atomic E-state index is -0.481. The first-order valence-electron chi connectivity index (χ1n) is 7.11. The van der Waals surface area contributed by atoms with Crippen LogP contribution in [0.5, 0.6) is 0 Å². The minimum absolute atomic E-state index is 0.436. The summed E-state index contributed by atoms with van der Waals surface area (Å²) in [6.45, 7) is 4.07. The normalized spacial score (nSPS) is 24.2. The molecule has 1 aromatic rings. The Balaban J connectivity index is 1.51. The Morgan fingerprint density at radius 1 is 1.40 bits per heavy atom. The van der Waals surface area contributed by atoms with Gasteiger partial charge in [-0.2, -0.15) is 5.10 Å². The maximum absolute atomic E-state index is 10.2. The number of nitrogens with zero attached hydrogens (tertiary/aromatic N) is 3. The monoisotopic (exact) mass is 282 g/mol. The maximum Gasteiger partial charge on any atom is 0.181 e. The standard InChI is InChI=1S/C13H22N4O3/c14-11-6-15-17(7-11)9-12(18)8-16-3-1-2-13(10-16)19-4-5-20-13/h6-7,12,18H,1-5,8-10,14H2. The van der Waals surface area contributed by atoms with Crippen LogP contribution in [0.15, 0.2) is 12.4 Å². The smallest absolute Gasteiger partial charge is 0.181 e. The third kappa shape index (κ3) is 3.12. The van der Waals surface area contributed by atoms with Gasteiger partial charge in [0.2, 0.25) is 0 Å². The van der Waals surface area contributed by atoms with Gasteiger partial charge >= 0.3 is 0 Å². The average molecular weight is 282 g/mol. The van der Waals surface area contributed by atoms with Crippen molar-refractivity contribution in [3.8, 4) is 0 Å². The third-order valence-electron chi connectivity index (χ3n) is 3.83. The number of hydrogen-bond donors (Lipinski definition) is 2. The molecule has 1 spiro atoms. The van der Waals surface area contributed by atoms with Gasteiger partial charge in [0.05, 0.1) is 44.3 Å². The molecule has 2 aliphatic rings. The number of aromatic nitrogens is 2. The van der Waals surface area contributed by atoms with Crippen LogP contribution in [0.1, 0.15) is 12.8 Å². The van der Waals surface area contributed by atoms with Crippen molar-refractivity contribution in [2.24, 2.45) is 0 Å². The second-order valence-corrected chi connectivity index (χ2v) is 5.60. The molecule has 1 aromatic heterocycles. The molecule has 3 rings (SSSR count). The molecule has 0 saturated carbocycles. The van der Waals surface area contributed by atoms with Gasteiger partial charge in [0.25, 0.3) is 0 Å². The highest BCUT2D eigenvalue weighted by molar-refractivity contribution is 5.30. The van der Waals surface area contributed by atoms with E-state index in [2.05, 4.69) is 10.00 Å². The molecule has 2 fully saturated rings. The number of anilines is 1. The van der Waals surface area contributed by atoms with Crippen LogP contribution in [0.3, 0.4) is 0 Å². The van der Waals surface area contributed by atoms with E-state index in [9.17, 15) is 5.11 Å². The van der Waals surface area contributed by atoms with Crippen LogP contribution >= 0.6 is 0 Å². The zero-order valence-electron chi connectivity index (χ0n) is 11.6. The predicted octanol–water partition coefficient (Wildman–Crippen LogP) is -0.335. The van der Waals surface area contributed by atoms with E-state index in [-0.39, 0.29) is 0 Å². The zero-order chi connectivity index (χ0) is 14.0. The molecule has 7 heteroatoms. The fourth-order valence-electron chi connectivity index (χ4n) is 3.01. The summed E-state index contributed by atoms with van der Waals surface area (Å²) in [5.74, 6) is -0.436. The van der Waals surface area contributed by atoms with Crippen LogP contribution in [0.25, 0.3) is 0 Å². The lowest BCUT2D eigenvalue weighted by Gasteiger charge is -2.39. The lowest BCUT2D eigenvalue weighted by Crippen LogP contribution is -2.51. The maximum atomic E-state index is 10.2. The van der Waals surface area contributed by atoms with E-state index in [1.54, 1.807) is 17.1 Å². The summed E-state index contributed by atoms with van der Waals surface area (Å²) in [6, 6.07) is 0. The number of nitrogens with two attached hydrogens (primary N) is 1. The van der Waals surface area contributed by atoms with Gasteiger partial charge in [0.1, 0.15) is 0 Å². The van der Waals surface area contributed by atoms with Crippen molar-refractivity contribution in [2.45, 2.75) is 31.3 Å². The SMILES string of the molecule is Nc1cnn(CC(O)CN2CCCC3(C2)OCCO3)c1. The van der Waals surface area contributed by atoms with E-state index in [1.165, 1.54) is 0 Å². The van der Waals surface area contributed by atoms with Crippen LogP contribution in [0.4, 0.5) is 5.69 Å². The predicted molar refractivity (Wildman–Crippen MR) is 73.0 cm³/mol. The Labute approximate surface area is 118 Å². The molecule has 0 bridgehead atoms. The van der Waals surface area contributed by atoms with Crippen molar-refractivity contribution in [3.05, 3.63) is 12.4 Å². The molecule has 0 aliphatic carbocycles. The van der Waals surface area contributed by atoms with Crippen molar-refractivity contribution in [2.75, 3.05) is 38.6 Å². The summed E-state index contributed by atoms with van der Waals surface area (Å²) >= 11 is 0. The van der Waals surface area contributed by atoms with Crippen molar-refractivity contribution in [1.82, 2.24) is 14.7 Å². The number of β-amino-alcohol motifs (C(OH)–C–C–N with tert-alkyl or cyclic N) is 1. The molecule has 2 aliphatic heterocycles. The van der Waals surface area contributed by atoms with Gasteiger partial charge in [-0.25, -0.2) is 0 Å². The number of rotatable bonds is 4. The molecule has 20 heavy (non-hydrogen) atoms. The van der Waals surface area contributed by atoms with E-state index in [0.29, 0.717) is 32.0 Å². The van der Waals surface area contributed by atoms with E-state index in [1.807, 2.05) is 0 Å². The van der Waals surface area contributed by atoms with Gasteiger partial charge in [-0.05, 0) is 13.0 Å². The highest BCUT2D eigenvalue weighted by atomic mass is 16.7. The van der Waals surface area contributed by atoms with Gasteiger partial charge in [0, 0.05) is 19.2 Å². The van der Waals surface area contributed by atoms with Crippen molar-refractivity contribution in [3.63, 3.8) is 0 Å². The molecular formula is C13H22N4O3. The summed E-state index contributed by atoms with van der Waals surface area (Å²) in [5, 5.41) is 14.3. The Morgan fingerprint density at radius 2 is 2.20 bits per heavy atom. The van der Waals surface area contributed by atoms with Gasteiger partial charge in [-0.15, -0.1) is 0 Å². The Kier molecular flexibility index (Phi) is 3.93. The van der Waals surface area contributed by atoms with E-state index < -0.39 is 11.9 Å². The summed E-state index contributed by atoms with van der Waals surface area (Å²) in [5.41, 5.74) is 6.22. The number of likely N-dealkylation sites (tertiary alicyclic amines) is 1. The van der Waals surface area contributed by atoms with Gasteiger partial charge in [-0.1, -0.05) is 0 Å². The highest BCUT2D eigenvalue weighted by Crippen LogP contribution is 2.30. The van der Waals surface area contributed by atoms with Crippen LogP contribution < -0.4 is 5.73 Å². The van der Waals surface area contributed by atoms with Gasteiger partial charge < -0.3 is 20.3 Å². The molecule has 0 aromatic carbocycles. The summed E-state index contributed by atoms with van der Waals surface area (Å²) in [7, 11) is 0. The molecule has 3 heterocycles. The number of hydrogen-bond acceptors (Lipinski definition) is 6. The van der Waals surface area contributed by atoms with E-state index >= 15 is 0 Å². The Morgan fingerprint density at radius 3 is 2.90 bits per heavy atom. The summed E-state index contributed by atoms with van der Waals surface area (Å²) in [4.78, 5) is 2.20. The van der Waals surface area contributed by atoms with E-state index in [4.69, 9.17) is 15.2 Å². The highest BCUT2D eigenvalue weighted by Gasteiger charge is 2.40. The molecule has 7 nitrogen and oxygen atoms in total. The fraction of sp³-hybridized carbons (Fsp3) is 0.769. The number of ether oxygens (including phenoxy) is 2. The first kappa shape index (κ1) is 13.8. The fourth-order valence-corrected chi connectivity index (χ4v) is 3.01. The number of aliphatic hydroxyl groups is 1. The topological polar surface area (TPSA) is 85.8 Å². The van der Waals surface area contributed by atoms with Crippen molar-refractivity contribution < 1.29 is 14.6 Å². The Hall–Kier alpha value is -1.15. The largest absolute Gasteiger partial charge is 0.396 e. The van der Waals surface area contributed by atoms with Crippen molar-refractivity contribution in [1.29, 1.82) is 0 Å². The van der Waals surface area contributed by atoms with Crippen LogP contribution in [-0.4, -0.2) is 64.5 Å². The summed E-state index contributed by atoms with van der Waals surface area (Å²) < 4.78 is 13.1. The van der Waals surface area contributed by atoms with Crippen LogP contribution in [0.2, 0.25) is 0 Å². The molecule has 3 N–H and O–H groups in total. The molecular weight excluding hydrogens is 260 g/mol. The zero-order valence-corrected chi connectivity index (χ0v) is 11.6. The van der Waals surface area contributed by atoms with E-state index in [0.717, 1.165) is 25.9 Å². The molecule has 112 valence electrons. The van der Waals surface area contributed by atoms with Crippen LogP contribution in [-0.2, 0) is 16.0 Å². The lowest BCUT2D eigenvalue weighted by atomic mass is 10.0. The molecule has 0 amide bonds. The molecule has 0 radical (unpaired) electrons. The Bertz CT molecular complexity index is 445. The first-order valence-corrected chi connectivity index (χ1v) is 7.11. The number of nitrogen functional groups attached to an aromatic ring is 1. The summed E-state index contributed by atoms with van der Waals surface area (Å²) in [6.07, 6.45) is 4.80. The molecule has 1 atom stereocenters. The second-order valence-electron chi connectivity index (χ2n) is 5.60. The van der Waals surface area contributed by atoms with Crippen LogP contribution in [0, 0.1) is 0 Å². The lowest BCUT2D eigenvalue weighted by molar-refractivity contribution is -0.191. The second kappa shape index (κ2) is 5.69. The average Bonchev–Trinajstić information content (AvgIpc) is 2.99.